The number of anilines is 1. The minimum absolute atomic E-state index is 0.104. The topological polar surface area (TPSA) is 98.9 Å². The van der Waals surface area contributed by atoms with E-state index >= 15 is 0 Å². The van der Waals surface area contributed by atoms with Crippen molar-refractivity contribution < 1.29 is 4.42 Å². The fourth-order valence-electron chi connectivity index (χ4n) is 5.53. The van der Waals surface area contributed by atoms with Crippen LogP contribution in [0.3, 0.4) is 0 Å². The second-order valence-corrected chi connectivity index (χ2v) is 9.25. The minimum atomic E-state index is 0.104. The molecule has 3 aromatic heterocycles. The second kappa shape index (κ2) is 6.87. The largest absolute Gasteiger partial charge is 0.417 e. The Morgan fingerprint density at radius 3 is 2.62 bits per heavy atom. The van der Waals surface area contributed by atoms with Gasteiger partial charge in [0.25, 0.3) is 5.71 Å². The number of rotatable bonds is 2. The highest BCUT2D eigenvalue weighted by atomic mass is 16.4. The molecule has 1 aliphatic carbocycles. The van der Waals surface area contributed by atoms with Crippen molar-refractivity contribution in [3.05, 3.63) is 53.0 Å². The molecule has 6 rings (SSSR count). The molecule has 1 saturated heterocycles. The van der Waals surface area contributed by atoms with E-state index in [0.717, 1.165) is 49.3 Å². The average molecular weight is 430 g/mol. The standard InChI is InChI=1S/C24H27N7O/c1-14-19(15(2)30(3)29-14)22-27-18-13-26-23(28-21(18)32-22)31-10-8-24(9-11-31)12-16-6-4-5-7-17(16)20(24)25/h4-7,13,20H,8-12,25H2,1-3H3/t20-/m1/s1. The van der Waals surface area contributed by atoms with E-state index in [4.69, 9.17) is 15.1 Å². The van der Waals surface area contributed by atoms with E-state index in [1.54, 1.807) is 6.20 Å². The molecule has 2 N–H and O–H groups in total. The van der Waals surface area contributed by atoms with Crippen molar-refractivity contribution in [2.75, 3.05) is 18.0 Å². The van der Waals surface area contributed by atoms with Gasteiger partial charge in [-0.3, -0.25) is 4.68 Å². The van der Waals surface area contributed by atoms with Gasteiger partial charge in [-0.15, -0.1) is 0 Å². The van der Waals surface area contributed by atoms with Crippen LogP contribution in [-0.2, 0) is 13.5 Å². The van der Waals surface area contributed by atoms with Gasteiger partial charge in [-0.25, -0.2) is 9.97 Å². The Morgan fingerprint density at radius 1 is 1.12 bits per heavy atom. The summed E-state index contributed by atoms with van der Waals surface area (Å²) >= 11 is 0. The van der Waals surface area contributed by atoms with Crippen molar-refractivity contribution in [3.8, 4) is 11.5 Å². The van der Waals surface area contributed by atoms with Gasteiger partial charge < -0.3 is 15.1 Å². The predicted molar refractivity (Wildman–Crippen MR) is 122 cm³/mol. The first kappa shape index (κ1) is 19.4. The van der Waals surface area contributed by atoms with Crippen molar-refractivity contribution in [3.63, 3.8) is 0 Å². The summed E-state index contributed by atoms with van der Waals surface area (Å²) in [7, 11) is 1.92. The Kier molecular flexibility index (Phi) is 4.17. The van der Waals surface area contributed by atoms with Crippen LogP contribution >= 0.6 is 0 Å². The third kappa shape index (κ3) is 2.79. The first-order valence-corrected chi connectivity index (χ1v) is 11.2. The number of benzene rings is 1. The Hall–Kier alpha value is -3.26. The lowest BCUT2D eigenvalue weighted by Gasteiger charge is -2.42. The summed E-state index contributed by atoms with van der Waals surface area (Å²) < 4.78 is 7.89. The van der Waals surface area contributed by atoms with Crippen LogP contribution < -0.4 is 10.6 Å². The van der Waals surface area contributed by atoms with Gasteiger partial charge in [0.15, 0.2) is 0 Å². The van der Waals surface area contributed by atoms with Crippen LogP contribution in [0, 0.1) is 19.3 Å². The SMILES string of the molecule is Cc1nn(C)c(C)c1-c1nc2cnc(N3CCC4(CC3)Cc3ccccc3[C@H]4N)nc2o1. The summed E-state index contributed by atoms with van der Waals surface area (Å²) in [6.07, 6.45) is 4.88. The number of hydrogen-bond donors (Lipinski definition) is 1. The normalized spacial score (nSPS) is 19.8. The molecule has 1 aliphatic heterocycles. The molecule has 0 amide bonds. The molecular weight excluding hydrogens is 402 g/mol. The molecular formula is C24H27N7O. The minimum Gasteiger partial charge on any atom is -0.417 e. The Labute approximate surface area is 186 Å². The first-order chi connectivity index (χ1) is 15.4. The van der Waals surface area contributed by atoms with E-state index in [1.807, 2.05) is 25.6 Å². The highest BCUT2D eigenvalue weighted by Crippen LogP contribution is 2.50. The summed E-state index contributed by atoms with van der Waals surface area (Å²) in [6.45, 7) is 5.74. The van der Waals surface area contributed by atoms with Gasteiger partial charge in [0.05, 0.1) is 17.5 Å². The van der Waals surface area contributed by atoms with E-state index in [9.17, 15) is 0 Å². The Morgan fingerprint density at radius 2 is 1.91 bits per heavy atom. The number of aryl methyl sites for hydroxylation is 2. The van der Waals surface area contributed by atoms with Gasteiger partial charge >= 0.3 is 0 Å². The molecule has 0 radical (unpaired) electrons. The third-order valence-electron chi connectivity index (χ3n) is 7.50. The smallest absolute Gasteiger partial charge is 0.252 e. The Balaban J connectivity index is 1.25. The van der Waals surface area contributed by atoms with Crippen LogP contribution in [0.5, 0.6) is 0 Å². The third-order valence-corrected chi connectivity index (χ3v) is 7.50. The number of fused-ring (bicyclic) bond motifs is 2. The summed E-state index contributed by atoms with van der Waals surface area (Å²) in [6, 6.07) is 8.72. The van der Waals surface area contributed by atoms with E-state index in [1.165, 1.54) is 11.1 Å². The fourth-order valence-corrected chi connectivity index (χ4v) is 5.53. The van der Waals surface area contributed by atoms with Gasteiger partial charge in [0, 0.05) is 31.9 Å². The molecule has 164 valence electrons. The highest BCUT2D eigenvalue weighted by Gasteiger charge is 2.46. The number of hydrogen-bond acceptors (Lipinski definition) is 7. The van der Waals surface area contributed by atoms with Crippen molar-refractivity contribution in [2.45, 2.75) is 39.2 Å². The van der Waals surface area contributed by atoms with Crippen LogP contribution in [0.4, 0.5) is 5.95 Å². The van der Waals surface area contributed by atoms with Crippen LogP contribution in [0.25, 0.3) is 22.7 Å². The van der Waals surface area contributed by atoms with Crippen molar-refractivity contribution >= 4 is 17.2 Å². The maximum atomic E-state index is 6.72. The molecule has 1 aromatic carbocycles. The molecule has 1 atom stereocenters. The lowest BCUT2D eigenvalue weighted by Crippen LogP contribution is -2.44. The maximum Gasteiger partial charge on any atom is 0.252 e. The van der Waals surface area contributed by atoms with Crippen molar-refractivity contribution in [1.29, 1.82) is 0 Å². The van der Waals surface area contributed by atoms with E-state index in [-0.39, 0.29) is 11.5 Å². The summed E-state index contributed by atoms with van der Waals surface area (Å²) in [4.78, 5) is 16.2. The molecule has 0 saturated carbocycles. The Bertz CT molecular complexity index is 1330. The van der Waals surface area contributed by atoms with Gasteiger partial charge in [-0.2, -0.15) is 10.1 Å². The summed E-state index contributed by atoms with van der Waals surface area (Å²) in [5.41, 5.74) is 13.6. The first-order valence-electron chi connectivity index (χ1n) is 11.2. The summed E-state index contributed by atoms with van der Waals surface area (Å²) in [5.74, 6) is 1.24. The predicted octanol–water partition coefficient (Wildman–Crippen LogP) is 3.48. The van der Waals surface area contributed by atoms with E-state index < -0.39 is 0 Å². The molecule has 8 nitrogen and oxygen atoms in total. The monoisotopic (exact) mass is 429 g/mol. The lowest BCUT2D eigenvalue weighted by atomic mass is 9.73. The fraction of sp³-hybridized carbons (Fsp3) is 0.417. The molecule has 4 aromatic rings. The second-order valence-electron chi connectivity index (χ2n) is 9.25. The number of oxazole rings is 1. The molecule has 1 spiro atoms. The molecule has 4 heterocycles. The van der Waals surface area contributed by atoms with E-state index in [0.29, 0.717) is 23.1 Å². The average Bonchev–Trinajstić information content (AvgIpc) is 3.41. The zero-order chi connectivity index (χ0) is 22.0. The van der Waals surface area contributed by atoms with Gasteiger partial charge in [0.1, 0.15) is 5.52 Å². The quantitative estimate of drug-likeness (QED) is 0.521. The van der Waals surface area contributed by atoms with Gasteiger partial charge in [0.2, 0.25) is 11.8 Å². The van der Waals surface area contributed by atoms with Crippen LogP contribution in [0.15, 0.2) is 34.9 Å². The molecule has 0 bridgehead atoms. The van der Waals surface area contributed by atoms with Gasteiger partial charge in [-0.05, 0) is 49.7 Å². The number of piperidine rings is 1. The summed E-state index contributed by atoms with van der Waals surface area (Å²) in [5, 5.41) is 4.47. The number of aromatic nitrogens is 5. The van der Waals surface area contributed by atoms with Crippen LogP contribution in [-0.4, -0.2) is 37.8 Å². The van der Waals surface area contributed by atoms with Crippen molar-refractivity contribution in [2.24, 2.45) is 18.2 Å². The number of nitrogens with zero attached hydrogens (tertiary/aromatic N) is 6. The number of nitrogens with two attached hydrogens (primary N) is 1. The van der Waals surface area contributed by atoms with Gasteiger partial charge in [-0.1, -0.05) is 24.3 Å². The molecule has 32 heavy (non-hydrogen) atoms. The molecule has 0 unspecified atom stereocenters. The van der Waals surface area contributed by atoms with Crippen LogP contribution in [0.1, 0.15) is 41.4 Å². The molecule has 1 fully saturated rings. The van der Waals surface area contributed by atoms with Crippen LogP contribution in [0.2, 0.25) is 0 Å². The zero-order valence-corrected chi connectivity index (χ0v) is 18.7. The zero-order valence-electron chi connectivity index (χ0n) is 18.7. The van der Waals surface area contributed by atoms with Crippen molar-refractivity contribution in [1.82, 2.24) is 24.7 Å². The maximum absolute atomic E-state index is 6.72. The van der Waals surface area contributed by atoms with E-state index in [2.05, 4.69) is 44.2 Å². The highest BCUT2D eigenvalue weighted by molar-refractivity contribution is 5.74. The lowest BCUT2D eigenvalue weighted by molar-refractivity contribution is 0.187. The molecule has 8 heteroatoms. The molecule has 2 aliphatic rings.